The highest BCUT2D eigenvalue weighted by atomic mass is 32.2. The highest BCUT2D eigenvalue weighted by Crippen LogP contribution is 2.43. The number of aryl methyl sites for hydroxylation is 1. The van der Waals surface area contributed by atoms with Gasteiger partial charge in [0.15, 0.2) is 0 Å². The van der Waals surface area contributed by atoms with Crippen molar-refractivity contribution in [3.8, 4) is 5.75 Å². The van der Waals surface area contributed by atoms with Crippen LogP contribution in [-0.4, -0.2) is 13.4 Å². The maximum Gasteiger partial charge on any atom is 0.118 e. The molecule has 0 heterocycles. The average molecular weight is 298 g/mol. The number of rotatable bonds is 3. The lowest BCUT2D eigenvalue weighted by atomic mass is 9.89. The molecule has 110 valence electrons. The van der Waals surface area contributed by atoms with Crippen molar-refractivity contribution in [2.75, 3.05) is 13.4 Å². The lowest BCUT2D eigenvalue weighted by Crippen LogP contribution is -2.00. The summed E-state index contributed by atoms with van der Waals surface area (Å²) in [7, 11) is 1.72. The predicted octanol–water partition coefficient (Wildman–Crippen LogP) is 5.11. The fourth-order valence-electron chi connectivity index (χ4n) is 3.59. The zero-order chi connectivity index (χ0) is 15.0. The Morgan fingerprint density at radius 2 is 1.86 bits per heavy atom. The Bertz CT molecular complexity index is 658. The maximum absolute atomic E-state index is 5.27. The maximum atomic E-state index is 5.27. The van der Waals surface area contributed by atoms with Crippen molar-refractivity contribution in [1.29, 1.82) is 0 Å². The van der Waals surface area contributed by atoms with Gasteiger partial charge < -0.3 is 4.74 Å². The molecule has 2 aromatic rings. The highest BCUT2D eigenvalue weighted by Gasteiger charge is 2.28. The molecule has 0 spiro atoms. The second kappa shape index (κ2) is 5.76. The van der Waals surface area contributed by atoms with Crippen LogP contribution in [0.5, 0.6) is 5.75 Å². The molecule has 1 aliphatic rings. The van der Waals surface area contributed by atoms with Gasteiger partial charge in [0.2, 0.25) is 0 Å². The predicted molar refractivity (Wildman–Crippen MR) is 90.9 cm³/mol. The first-order valence-electron chi connectivity index (χ1n) is 7.46. The Morgan fingerprint density at radius 3 is 2.48 bits per heavy atom. The molecular formula is C19H22OS. The van der Waals surface area contributed by atoms with Crippen molar-refractivity contribution in [3.05, 3.63) is 58.1 Å². The summed E-state index contributed by atoms with van der Waals surface area (Å²) in [6.45, 7) is 4.54. The van der Waals surface area contributed by atoms with Gasteiger partial charge in [0.05, 0.1) is 7.11 Å². The smallest absolute Gasteiger partial charge is 0.118 e. The van der Waals surface area contributed by atoms with Gasteiger partial charge in [0.25, 0.3) is 0 Å². The Morgan fingerprint density at radius 1 is 1.14 bits per heavy atom. The van der Waals surface area contributed by atoms with E-state index >= 15 is 0 Å². The summed E-state index contributed by atoms with van der Waals surface area (Å²) < 4.78 is 5.27. The van der Waals surface area contributed by atoms with E-state index in [1.165, 1.54) is 34.4 Å². The van der Waals surface area contributed by atoms with E-state index in [4.69, 9.17) is 4.74 Å². The molecule has 21 heavy (non-hydrogen) atoms. The minimum atomic E-state index is 0.542. The molecule has 0 saturated carbocycles. The fraction of sp³-hybridized carbons (Fsp3) is 0.368. The first kappa shape index (κ1) is 14.5. The van der Waals surface area contributed by atoms with Crippen molar-refractivity contribution >= 4 is 11.8 Å². The number of hydrogen-bond acceptors (Lipinski definition) is 2. The van der Waals surface area contributed by atoms with Crippen LogP contribution in [0.3, 0.4) is 0 Å². The molecule has 1 aliphatic carbocycles. The van der Waals surface area contributed by atoms with Gasteiger partial charge in [-0.05, 0) is 79.0 Å². The number of thioether (sulfide) groups is 1. The molecule has 0 fully saturated rings. The third kappa shape index (κ3) is 2.46. The molecule has 2 heteroatoms. The first-order chi connectivity index (χ1) is 10.2. The van der Waals surface area contributed by atoms with Gasteiger partial charge in [-0.15, -0.1) is 11.8 Å². The molecule has 2 aromatic carbocycles. The summed E-state index contributed by atoms with van der Waals surface area (Å²) in [4.78, 5) is 1.43. The largest absolute Gasteiger partial charge is 0.497 e. The molecule has 1 nitrogen and oxygen atoms in total. The van der Waals surface area contributed by atoms with E-state index in [0.717, 1.165) is 5.75 Å². The summed E-state index contributed by atoms with van der Waals surface area (Å²) in [6, 6.07) is 10.9. The van der Waals surface area contributed by atoms with E-state index in [0.29, 0.717) is 5.92 Å². The molecule has 1 unspecified atom stereocenters. The van der Waals surface area contributed by atoms with Gasteiger partial charge in [0.1, 0.15) is 5.75 Å². The molecule has 0 aromatic heterocycles. The minimum Gasteiger partial charge on any atom is -0.497 e. The Kier molecular flexibility index (Phi) is 3.99. The summed E-state index contributed by atoms with van der Waals surface area (Å²) in [5, 5.41) is 0. The van der Waals surface area contributed by atoms with Gasteiger partial charge in [0, 0.05) is 10.8 Å². The van der Waals surface area contributed by atoms with Gasteiger partial charge in [-0.1, -0.05) is 12.1 Å². The number of fused-ring (bicyclic) bond motifs is 1. The van der Waals surface area contributed by atoms with Gasteiger partial charge >= 0.3 is 0 Å². The quantitative estimate of drug-likeness (QED) is 0.728. The first-order valence-corrected chi connectivity index (χ1v) is 8.69. The normalized spacial score (nSPS) is 16.9. The number of ether oxygens (including phenoxy) is 1. The van der Waals surface area contributed by atoms with E-state index in [9.17, 15) is 0 Å². The third-order valence-electron chi connectivity index (χ3n) is 4.69. The van der Waals surface area contributed by atoms with Crippen LogP contribution < -0.4 is 4.74 Å². The Labute approximate surface area is 131 Å². The fourth-order valence-corrected chi connectivity index (χ4v) is 4.32. The summed E-state index contributed by atoms with van der Waals surface area (Å²) in [5.41, 5.74) is 7.49. The highest BCUT2D eigenvalue weighted by molar-refractivity contribution is 7.98. The van der Waals surface area contributed by atoms with Crippen LogP contribution in [0.2, 0.25) is 0 Å². The number of methoxy groups -OCH3 is 1. The zero-order valence-corrected chi connectivity index (χ0v) is 14.0. The van der Waals surface area contributed by atoms with Crippen molar-refractivity contribution in [1.82, 2.24) is 0 Å². The van der Waals surface area contributed by atoms with E-state index in [2.05, 4.69) is 50.4 Å². The zero-order valence-electron chi connectivity index (χ0n) is 13.2. The molecular weight excluding hydrogens is 276 g/mol. The SMILES string of the molecule is COc1ccc(C2CCc3c(C)c(SC)cc(C)c32)cc1. The standard InChI is InChI=1S/C19H22OS/c1-12-11-18(21-4)13(2)16-9-10-17(19(12)16)14-5-7-15(20-3)8-6-14/h5-8,11,17H,9-10H2,1-4H3. The van der Waals surface area contributed by atoms with Crippen LogP contribution in [0.15, 0.2) is 35.2 Å². The third-order valence-corrected chi connectivity index (χ3v) is 5.55. The van der Waals surface area contributed by atoms with Crippen molar-refractivity contribution in [2.45, 2.75) is 37.5 Å². The number of hydrogen-bond donors (Lipinski definition) is 0. The second-order valence-corrected chi connectivity index (χ2v) is 6.63. The Hall–Kier alpha value is -1.41. The van der Waals surface area contributed by atoms with E-state index in [1.54, 1.807) is 18.2 Å². The molecule has 0 aliphatic heterocycles. The van der Waals surface area contributed by atoms with Gasteiger partial charge in [-0.3, -0.25) is 0 Å². The van der Waals surface area contributed by atoms with Gasteiger partial charge in [-0.2, -0.15) is 0 Å². The molecule has 0 saturated heterocycles. The van der Waals surface area contributed by atoms with Crippen LogP contribution in [0.4, 0.5) is 0 Å². The molecule has 0 bridgehead atoms. The van der Waals surface area contributed by atoms with Crippen molar-refractivity contribution < 1.29 is 4.74 Å². The van der Waals surface area contributed by atoms with Crippen LogP contribution in [0.1, 0.15) is 40.2 Å². The van der Waals surface area contributed by atoms with E-state index in [-0.39, 0.29) is 0 Å². The van der Waals surface area contributed by atoms with Crippen LogP contribution in [-0.2, 0) is 6.42 Å². The minimum absolute atomic E-state index is 0.542. The second-order valence-electron chi connectivity index (χ2n) is 5.78. The molecule has 0 N–H and O–H groups in total. The molecule has 1 atom stereocenters. The molecule has 0 amide bonds. The molecule has 0 radical (unpaired) electrons. The van der Waals surface area contributed by atoms with Crippen LogP contribution >= 0.6 is 11.8 Å². The Balaban J connectivity index is 2.05. The van der Waals surface area contributed by atoms with Crippen molar-refractivity contribution in [2.24, 2.45) is 0 Å². The lowest BCUT2D eigenvalue weighted by Gasteiger charge is -2.18. The topological polar surface area (TPSA) is 9.23 Å². The number of benzene rings is 2. The summed E-state index contributed by atoms with van der Waals surface area (Å²) >= 11 is 1.86. The average Bonchev–Trinajstić information content (AvgIpc) is 2.96. The monoisotopic (exact) mass is 298 g/mol. The molecule has 3 rings (SSSR count). The summed E-state index contributed by atoms with van der Waals surface area (Å²) in [5.74, 6) is 1.48. The summed E-state index contributed by atoms with van der Waals surface area (Å²) in [6.07, 6.45) is 4.60. The van der Waals surface area contributed by atoms with Gasteiger partial charge in [-0.25, -0.2) is 0 Å². The van der Waals surface area contributed by atoms with Crippen LogP contribution in [0, 0.1) is 13.8 Å². The van der Waals surface area contributed by atoms with Crippen molar-refractivity contribution in [3.63, 3.8) is 0 Å². The van der Waals surface area contributed by atoms with E-state index in [1.807, 2.05) is 11.8 Å². The van der Waals surface area contributed by atoms with E-state index < -0.39 is 0 Å². The lowest BCUT2D eigenvalue weighted by molar-refractivity contribution is 0.414. The van der Waals surface area contributed by atoms with Crippen LogP contribution in [0.25, 0.3) is 0 Å².